The van der Waals surface area contributed by atoms with Crippen LogP contribution in [0.5, 0.6) is 11.6 Å². The molecule has 0 amide bonds. The van der Waals surface area contributed by atoms with Crippen LogP contribution in [0.15, 0.2) is 42.6 Å². The SMILES string of the molecule is Cc1cc(Oc2nc3ccccn3c2C=O)ccc1F. The van der Waals surface area contributed by atoms with Gasteiger partial charge in [-0.15, -0.1) is 0 Å². The van der Waals surface area contributed by atoms with Crippen LogP contribution < -0.4 is 4.74 Å². The third-order valence-corrected chi connectivity index (χ3v) is 2.99. The maximum absolute atomic E-state index is 13.2. The first-order chi connectivity index (χ1) is 9.69. The van der Waals surface area contributed by atoms with Crippen LogP contribution in [0.1, 0.15) is 16.1 Å². The van der Waals surface area contributed by atoms with Gasteiger partial charge in [-0.25, -0.2) is 4.39 Å². The van der Waals surface area contributed by atoms with E-state index < -0.39 is 0 Å². The molecule has 0 saturated heterocycles. The third-order valence-electron chi connectivity index (χ3n) is 2.99. The van der Waals surface area contributed by atoms with Crippen LogP contribution in [0.4, 0.5) is 4.39 Å². The Kier molecular flexibility index (Phi) is 2.95. The number of hydrogen-bond acceptors (Lipinski definition) is 3. The lowest BCUT2D eigenvalue weighted by Gasteiger charge is -2.04. The van der Waals surface area contributed by atoms with Crippen molar-refractivity contribution >= 4 is 11.9 Å². The van der Waals surface area contributed by atoms with Crippen molar-refractivity contribution in [1.82, 2.24) is 9.38 Å². The van der Waals surface area contributed by atoms with Crippen molar-refractivity contribution in [3.05, 3.63) is 59.7 Å². The number of rotatable bonds is 3. The molecule has 3 aromatic rings. The summed E-state index contributed by atoms with van der Waals surface area (Å²) in [6, 6.07) is 9.78. The molecule has 4 nitrogen and oxygen atoms in total. The Morgan fingerprint density at radius 2 is 2.15 bits per heavy atom. The van der Waals surface area contributed by atoms with Crippen molar-refractivity contribution < 1.29 is 13.9 Å². The summed E-state index contributed by atoms with van der Waals surface area (Å²) < 4.78 is 20.4. The predicted octanol–water partition coefficient (Wildman–Crippen LogP) is 3.39. The molecule has 20 heavy (non-hydrogen) atoms. The van der Waals surface area contributed by atoms with Gasteiger partial charge in [0.1, 0.15) is 17.2 Å². The summed E-state index contributed by atoms with van der Waals surface area (Å²) >= 11 is 0. The van der Waals surface area contributed by atoms with Gasteiger partial charge in [0.15, 0.2) is 12.0 Å². The Morgan fingerprint density at radius 3 is 2.90 bits per heavy atom. The van der Waals surface area contributed by atoms with Crippen molar-refractivity contribution in [1.29, 1.82) is 0 Å². The van der Waals surface area contributed by atoms with Crippen molar-refractivity contribution in [2.45, 2.75) is 6.92 Å². The predicted molar refractivity (Wildman–Crippen MR) is 71.8 cm³/mol. The molecule has 0 atom stereocenters. The van der Waals surface area contributed by atoms with Crippen molar-refractivity contribution in [3.63, 3.8) is 0 Å². The molecule has 3 rings (SSSR count). The fourth-order valence-corrected chi connectivity index (χ4v) is 1.97. The zero-order chi connectivity index (χ0) is 14.1. The van der Waals surface area contributed by atoms with E-state index in [1.54, 1.807) is 35.7 Å². The number of pyridine rings is 1. The highest BCUT2D eigenvalue weighted by molar-refractivity contribution is 5.78. The zero-order valence-electron chi connectivity index (χ0n) is 10.7. The van der Waals surface area contributed by atoms with Gasteiger partial charge in [0.25, 0.3) is 0 Å². The molecular weight excluding hydrogens is 259 g/mol. The Morgan fingerprint density at radius 1 is 1.30 bits per heavy atom. The van der Waals surface area contributed by atoms with E-state index in [2.05, 4.69) is 4.98 Å². The first kappa shape index (κ1) is 12.3. The van der Waals surface area contributed by atoms with Gasteiger partial charge in [-0.1, -0.05) is 6.07 Å². The van der Waals surface area contributed by atoms with E-state index in [1.165, 1.54) is 12.1 Å². The first-order valence-corrected chi connectivity index (χ1v) is 6.05. The molecule has 0 aliphatic rings. The van der Waals surface area contributed by atoms with E-state index >= 15 is 0 Å². The highest BCUT2D eigenvalue weighted by Crippen LogP contribution is 2.26. The standard InChI is InChI=1S/C15H11FN2O2/c1-10-8-11(5-6-12(10)16)20-15-13(9-19)18-7-3-2-4-14(18)17-15/h2-9H,1H3. The monoisotopic (exact) mass is 270 g/mol. The molecule has 2 heterocycles. The number of aromatic nitrogens is 2. The fraction of sp³-hybridized carbons (Fsp3) is 0.0667. The normalized spacial score (nSPS) is 10.7. The Balaban J connectivity index is 2.05. The minimum absolute atomic E-state index is 0.206. The van der Waals surface area contributed by atoms with Crippen LogP contribution in [0.2, 0.25) is 0 Å². The van der Waals surface area contributed by atoms with Crippen molar-refractivity contribution in [3.8, 4) is 11.6 Å². The number of aldehydes is 1. The number of imidazole rings is 1. The van der Waals surface area contributed by atoms with E-state index in [0.29, 0.717) is 28.9 Å². The van der Waals surface area contributed by atoms with Crippen molar-refractivity contribution in [2.24, 2.45) is 0 Å². The molecule has 0 fully saturated rings. The fourth-order valence-electron chi connectivity index (χ4n) is 1.97. The van der Waals surface area contributed by atoms with Crippen LogP contribution in [0.3, 0.4) is 0 Å². The van der Waals surface area contributed by atoms with Crippen molar-refractivity contribution in [2.75, 3.05) is 0 Å². The van der Waals surface area contributed by atoms with E-state index in [9.17, 15) is 9.18 Å². The molecule has 0 N–H and O–H groups in total. The Bertz CT molecular complexity index is 796. The van der Waals surface area contributed by atoms with Crippen LogP contribution in [-0.2, 0) is 0 Å². The number of carbonyl (C=O) groups is 1. The highest BCUT2D eigenvalue weighted by atomic mass is 19.1. The molecule has 2 aromatic heterocycles. The lowest BCUT2D eigenvalue weighted by atomic mass is 10.2. The van der Waals surface area contributed by atoms with Gasteiger partial charge in [-0.05, 0) is 42.8 Å². The van der Waals surface area contributed by atoms with E-state index in [4.69, 9.17) is 4.74 Å². The molecule has 100 valence electrons. The van der Waals surface area contributed by atoms with Gasteiger partial charge in [-0.3, -0.25) is 9.20 Å². The van der Waals surface area contributed by atoms with Gasteiger partial charge >= 0.3 is 0 Å². The number of aryl methyl sites for hydroxylation is 1. The maximum Gasteiger partial charge on any atom is 0.249 e. The summed E-state index contributed by atoms with van der Waals surface area (Å²) in [6.45, 7) is 1.65. The number of halogens is 1. The smallest absolute Gasteiger partial charge is 0.249 e. The number of benzene rings is 1. The van der Waals surface area contributed by atoms with Gasteiger partial charge in [0.2, 0.25) is 5.88 Å². The molecule has 0 aliphatic carbocycles. The van der Waals surface area contributed by atoms with Crippen LogP contribution in [-0.4, -0.2) is 15.7 Å². The van der Waals surface area contributed by atoms with Gasteiger partial charge in [0.05, 0.1) is 0 Å². The second-order valence-corrected chi connectivity index (χ2v) is 4.36. The van der Waals surface area contributed by atoms with Gasteiger partial charge in [-0.2, -0.15) is 4.98 Å². The number of carbonyl (C=O) groups excluding carboxylic acids is 1. The topological polar surface area (TPSA) is 43.6 Å². The molecule has 0 bridgehead atoms. The van der Waals surface area contributed by atoms with Gasteiger partial charge < -0.3 is 4.74 Å². The Labute approximate surface area is 114 Å². The quantitative estimate of drug-likeness (QED) is 0.685. The minimum Gasteiger partial charge on any atom is -0.437 e. The number of fused-ring (bicyclic) bond motifs is 1. The average molecular weight is 270 g/mol. The molecule has 0 radical (unpaired) electrons. The highest BCUT2D eigenvalue weighted by Gasteiger charge is 2.13. The van der Waals surface area contributed by atoms with Crippen LogP contribution >= 0.6 is 0 Å². The number of hydrogen-bond donors (Lipinski definition) is 0. The second-order valence-electron chi connectivity index (χ2n) is 4.36. The van der Waals surface area contributed by atoms with E-state index in [1.807, 2.05) is 6.07 Å². The van der Waals surface area contributed by atoms with E-state index in [0.717, 1.165) is 0 Å². The summed E-state index contributed by atoms with van der Waals surface area (Å²) in [5.74, 6) is 0.343. The van der Waals surface area contributed by atoms with Gasteiger partial charge in [0, 0.05) is 6.20 Å². The maximum atomic E-state index is 13.2. The summed E-state index contributed by atoms with van der Waals surface area (Å²) in [5.41, 5.74) is 1.41. The van der Waals surface area contributed by atoms with E-state index in [-0.39, 0.29) is 11.7 Å². The largest absolute Gasteiger partial charge is 0.437 e. The van der Waals surface area contributed by atoms with Crippen LogP contribution in [0, 0.1) is 12.7 Å². The lowest BCUT2D eigenvalue weighted by molar-refractivity contribution is 0.111. The molecule has 1 aromatic carbocycles. The second kappa shape index (κ2) is 4.77. The number of ether oxygens (including phenoxy) is 1. The molecule has 0 unspecified atom stereocenters. The lowest BCUT2D eigenvalue weighted by Crippen LogP contribution is -1.93. The third kappa shape index (κ3) is 2.03. The molecule has 0 saturated carbocycles. The molecule has 5 heteroatoms. The minimum atomic E-state index is -0.303. The molecular formula is C15H11FN2O2. The molecule has 0 aliphatic heterocycles. The molecule has 0 spiro atoms. The first-order valence-electron chi connectivity index (χ1n) is 6.05. The summed E-state index contributed by atoms with van der Waals surface area (Å²) in [4.78, 5) is 15.5. The summed E-state index contributed by atoms with van der Waals surface area (Å²) in [5, 5.41) is 0. The Hall–Kier alpha value is -2.69. The van der Waals surface area contributed by atoms with Crippen LogP contribution in [0.25, 0.3) is 5.65 Å². The summed E-state index contributed by atoms with van der Waals surface area (Å²) in [6.07, 6.45) is 2.42. The average Bonchev–Trinajstić information content (AvgIpc) is 2.80. The zero-order valence-corrected chi connectivity index (χ0v) is 10.7. The summed E-state index contributed by atoms with van der Waals surface area (Å²) in [7, 11) is 0. The number of nitrogens with zero attached hydrogens (tertiary/aromatic N) is 2.